The predicted octanol–water partition coefficient (Wildman–Crippen LogP) is 4.55. The Kier molecular flexibility index (Phi) is 6.52. The molecule has 1 aliphatic heterocycles. The lowest BCUT2D eigenvalue weighted by Crippen LogP contribution is -2.51. The number of rotatable bonds is 5. The smallest absolute Gasteiger partial charge is 0.346 e. The Hall–Kier alpha value is -2.66. The summed E-state index contributed by atoms with van der Waals surface area (Å²) >= 11 is 0. The molecule has 0 bridgehead atoms. The molecule has 0 saturated carbocycles. The third kappa shape index (κ3) is 4.58. The Morgan fingerprint density at radius 1 is 1.16 bits per heavy atom. The van der Waals surface area contributed by atoms with E-state index in [2.05, 4.69) is 4.98 Å². The highest BCUT2D eigenvalue weighted by atomic mass is 19.4. The second kappa shape index (κ2) is 8.70. The molecule has 0 spiro atoms. The molecule has 1 unspecified atom stereocenters. The number of hydrogen-bond acceptors (Lipinski definition) is 4. The van der Waals surface area contributed by atoms with E-state index in [1.165, 1.54) is 32.2 Å². The average Bonchev–Trinajstić information content (AvgIpc) is 3.02. The van der Waals surface area contributed by atoms with Crippen molar-refractivity contribution in [1.82, 2.24) is 9.88 Å². The van der Waals surface area contributed by atoms with Gasteiger partial charge >= 0.3 is 12.6 Å². The Morgan fingerprint density at radius 2 is 1.75 bits per heavy atom. The molecule has 32 heavy (non-hydrogen) atoms. The zero-order valence-electron chi connectivity index (χ0n) is 17.1. The van der Waals surface area contributed by atoms with Crippen LogP contribution in [-0.4, -0.2) is 46.8 Å². The molecule has 11 heteroatoms. The molecule has 1 fully saturated rings. The number of nitrogens with zero attached hydrogens (tertiary/aromatic N) is 2. The van der Waals surface area contributed by atoms with E-state index in [1.54, 1.807) is 24.3 Å². The molecule has 1 amide bonds. The van der Waals surface area contributed by atoms with Crippen LogP contribution in [0.2, 0.25) is 0 Å². The van der Waals surface area contributed by atoms with Gasteiger partial charge < -0.3 is 15.4 Å². The van der Waals surface area contributed by atoms with E-state index in [4.69, 9.17) is 10.5 Å². The molecule has 174 valence electrons. The number of hydrogen-bond donors (Lipinski definition) is 1. The minimum atomic E-state index is -4.61. The van der Waals surface area contributed by atoms with Crippen LogP contribution in [0.4, 0.5) is 26.3 Å². The number of ether oxygens (including phenoxy) is 1. The molecular weight excluding hydrogens is 440 g/mol. The summed E-state index contributed by atoms with van der Waals surface area (Å²) in [7, 11) is 0. The summed E-state index contributed by atoms with van der Waals surface area (Å²) in [6, 6.07) is 5.55. The number of alkyl halides is 6. The van der Waals surface area contributed by atoms with Crippen LogP contribution in [0.3, 0.4) is 0 Å². The van der Waals surface area contributed by atoms with Crippen molar-refractivity contribution in [3.63, 3.8) is 0 Å². The topological polar surface area (TPSA) is 68.5 Å². The Bertz CT molecular complexity index is 948. The summed E-state index contributed by atoms with van der Waals surface area (Å²) in [5.74, 6) is -1.51. The number of carbonyl (C=O) groups excluding carboxylic acids is 1. The van der Waals surface area contributed by atoms with Crippen molar-refractivity contribution in [3.05, 3.63) is 53.9 Å². The number of carbonyl (C=O) groups is 1. The zero-order valence-corrected chi connectivity index (χ0v) is 17.1. The van der Waals surface area contributed by atoms with Crippen LogP contribution < -0.4 is 5.73 Å². The van der Waals surface area contributed by atoms with Crippen LogP contribution in [0.25, 0.3) is 11.1 Å². The summed E-state index contributed by atoms with van der Waals surface area (Å²) in [5, 5.41) is 0. The lowest BCUT2D eigenvalue weighted by atomic mass is 9.99. The van der Waals surface area contributed by atoms with Gasteiger partial charge in [-0.3, -0.25) is 9.78 Å². The molecule has 2 heterocycles. The van der Waals surface area contributed by atoms with E-state index < -0.39 is 49.1 Å². The first-order valence-electron chi connectivity index (χ1n) is 9.60. The quantitative estimate of drug-likeness (QED) is 0.664. The summed E-state index contributed by atoms with van der Waals surface area (Å²) < 4.78 is 83.7. The van der Waals surface area contributed by atoms with Gasteiger partial charge in [0.15, 0.2) is 0 Å². The summed E-state index contributed by atoms with van der Waals surface area (Å²) in [6.07, 6.45) is -7.64. The van der Waals surface area contributed by atoms with Crippen molar-refractivity contribution >= 4 is 5.91 Å². The van der Waals surface area contributed by atoms with Gasteiger partial charge in [-0.05, 0) is 31.0 Å². The van der Waals surface area contributed by atoms with Gasteiger partial charge in [-0.15, -0.1) is 0 Å². The second-order valence-electron chi connectivity index (χ2n) is 7.83. The molecule has 3 atom stereocenters. The van der Waals surface area contributed by atoms with Crippen LogP contribution in [-0.2, 0) is 9.53 Å². The van der Waals surface area contributed by atoms with Gasteiger partial charge in [-0.1, -0.05) is 30.3 Å². The molecule has 2 N–H and O–H groups in total. The highest BCUT2D eigenvalue weighted by molar-refractivity contribution is 5.80. The molecule has 1 saturated heterocycles. The first-order chi connectivity index (χ1) is 14.9. The molecular formula is C21H21F6N3O2. The van der Waals surface area contributed by atoms with Crippen LogP contribution >= 0.6 is 0 Å². The Labute approximate surface area is 180 Å². The van der Waals surface area contributed by atoms with Gasteiger partial charge in [-0.2, -0.15) is 22.0 Å². The molecule has 1 aliphatic rings. The molecule has 0 radical (unpaired) electrons. The molecule has 0 aliphatic carbocycles. The summed E-state index contributed by atoms with van der Waals surface area (Å²) in [5.41, 5.74) is 4.95. The number of aromatic nitrogens is 1. The maximum Gasteiger partial charge on any atom is 0.409 e. The van der Waals surface area contributed by atoms with E-state index >= 15 is 0 Å². The number of pyridine rings is 1. The number of amides is 1. The van der Waals surface area contributed by atoms with E-state index in [-0.39, 0.29) is 5.69 Å². The van der Waals surface area contributed by atoms with Crippen molar-refractivity contribution in [2.45, 2.75) is 50.4 Å². The highest BCUT2D eigenvalue weighted by Crippen LogP contribution is 2.42. The average molecular weight is 461 g/mol. The SMILES string of the molecule is CC1(C)O[C@H](c2ccc(-c3ccc(C(N)C(F)(F)F)nc3)cc2)[C@H](CF)N1C(=O)C(F)F. The number of benzene rings is 1. The van der Waals surface area contributed by atoms with E-state index in [0.717, 1.165) is 4.90 Å². The van der Waals surface area contributed by atoms with Crippen molar-refractivity contribution in [2.75, 3.05) is 6.67 Å². The van der Waals surface area contributed by atoms with Crippen molar-refractivity contribution in [2.24, 2.45) is 5.73 Å². The van der Waals surface area contributed by atoms with Gasteiger partial charge in [0.1, 0.15) is 24.5 Å². The molecule has 3 rings (SSSR count). The van der Waals surface area contributed by atoms with Crippen molar-refractivity contribution in [1.29, 1.82) is 0 Å². The standard InChI is InChI=1S/C21H21F6N3O2/c1-20(2)30(19(31)18(23)24)15(9-22)16(32-20)12-5-3-11(4-6-12)13-7-8-14(29-10-13)17(28)21(25,26)27/h3-8,10,15-18H,9,28H2,1-2H3/t15-,16+,17?/m0/s1. The second-order valence-corrected chi connectivity index (χ2v) is 7.83. The Balaban J connectivity index is 1.83. The maximum absolute atomic E-state index is 13.8. The fourth-order valence-electron chi connectivity index (χ4n) is 3.75. The molecule has 1 aromatic carbocycles. The predicted molar refractivity (Wildman–Crippen MR) is 103 cm³/mol. The first kappa shape index (κ1) is 24.0. The summed E-state index contributed by atoms with van der Waals surface area (Å²) in [6.45, 7) is 1.73. The first-order valence-corrected chi connectivity index (χ1v) is 9.60. The number of nitrogens with two attached hydrogens (primary N) is 1. The summed E-state index contributed by atoms with van der Waals surface area (Å²) in [4.78, 5) is 16.4. The fraction of sp³-hybridized carbons (Fsp3) is 0.429. The van der Waals surface area contributed by atoms with Gasteiger partial charge in [0, 0.05) is 11.8 Å². The lowest BCUT2D eigenvalue weighted by Gasteiger charge is -2.32. The van der Waals surface area contributed by atoms with Crippen molar-refractivity contribution in [3.8, 4) is 11.1 Å². The van der Waals surface area contributed by atoms with Crippen LogP contribution in [0.15, 0.2) is 42.6 Å². The monoisotopic (exact) mass is 461 g/mol. The molecule has 5 nitrogen and oxygen atoms in total. The van der Waals surface area contributed by atoms with E-state index in [1.807, 2.05) is 0 Å². The minimum Gasteiger partial charge on any atom is -0.346 e. The van der Waals surface area contributed by atoms with Gasteiger partial charge in [-0.25, -0.2) is 4.39 Å². The molecule has 1 aromatic heterocycles. The van der Waals surface area contributed by atoms with E-state index in [9.17, 15) is 31.1 Å². The number of halogens is 6. The normalized spacial score (nSPS) is 21.8. The minimum absolute atomic E-state index is 0.325. The highest BCUT2D eigenvalue weighted by Gasteiger charge is 2.52. The van der Waals surface area contributed by atoms with Crippen LogP contribution in [0, 0.1) is 0 Å². The maximum atomic E-state index is 13.8. The third-order valence-electron chi connectivity index (χ3n) is 5.29. The van der Waals surface area contributed by atoms with Gasteiger partial charge in [0.25, 0.3) is 5.91 Å². The van der Waals surface area contributed by atoms with E-state index in [0.29, 0.717) is 16.7 Å². The molecule has 2 aromatic rings. The van der Waals surface area contributed by atoms with Gasteiger partial charge in [0.2, 0.25) is 0 Å². The third-order valence-corrected chi connectivity index (χ3v) is 5.29. The largest absolute Gasteiger partial charge is 0.409 e. The van der Waals surface area contributed by atoms with Crippen molar-refractivity contribution < 1.29 is 35.9 Å². The zero-order chi connectivity index (χ0) is 23.8. The Morgan fingerprint density at radius 3 is 2.22 bits per heavy atom. The van der Waals surface area contributed by atoms with Gasteiger partial charge in [0.05, 0.1) is 11.7 Å². The lowest BCUT2D eigenvalue weighted by molar-refractivity contribution is -0.159. The van der Waals surface area contributed by atoms with Crippen LogP contribution in [0.5, 0.6) is 0 Å². The van der Waals surface area contributed by atoms with Crippen LogP contribution in [0.1, 0.15) is 37.3 Å². The fourth-order valence-corrected chi connectivity index (χ4v) is 3.75.